The Labute approximate surface area is 128 Å². The van der Waals surface area contributed by atoms with E-state index in [4.69, 9.17) is 5.73 Å². The number of nitrogen functional groups attached to an aromatic ring is 1. The number of rotatable bonds is 3. The lowest BCUT2D eigenvalue weighted by Crippen LogP contribution is -2.40. The lowest BCUT2D eigenvalue weighted by molar-refractivity contribution is 0.239. The van der Waals surface area contributed by atoms with Gasteiger partial charge in [-0.1, -0.05) is 19.8 Å². The highest BCUT2D eigenvalue weighted by Crippen LogP contribution is 2.32. The maximum Gasteiger partial charge on any atom is 0.243 e. The third-order valence-electron chi connectivity index (χ3n) is 4.62. The Morgan fingerprint density at radius 3 is 2.52 bits per heavy atom. The molecule has 4 nitrogen and oxygen atoms in total. The molecule has 0 aromatic heterocycles. The fourth-order valence-electron chi connectivity index (χ4n) is 3.20. The zero-order valence-corrected chi connectivity index (χ0v) is 14.2. The summed E-state index contributed by atoms with van der Waals surface area (Å²) in [5, 5.41) is 0. The first-order valence-electron chi connectivity index (χ1n) is 7.58. The lowest BCUT2D eigenvalue weighted by atomic mass is 9.87. The number of nitrogens with two attached hydrogens (primary N) is 1. The van der Waals surface area contributed by atoms with Gasteiger partial charge in [-0.3, -0.25) is 0 Å². The minimum atomic E-state index is -3.48. The molecule has 2 rings (SSSR count). The van der Waals surface area contributed by atoms with Gasteiger partial charge in [-0.15, -0.1) is 0 Å². The van der Waals surface area contributed by atoms with Crippen LogP contribution in [0.15, 0.2) is 17.0 Å². The number of aryl methyl sites for hydroxylation is 1. The molecule has 0 spiro atoms. The predicted molar refractivity (Wildman–Crippen MR) is 86.7 cm³/mol. The van der Waals surface area contributed by atoms with Crippen LogP contribution in [0.4, 0.5) is 5.69 Å². The van der Waals surface area contributed by atoms with Gasteiger partial charge < -0.3 is 5.73 Å². The van der Waals surface area contributed by atoms with Crippen LogP contribution in [0.5, 0.6) is 0 Å². The van der Waals surface area contributed by atoms with Crippen molar-refractivity contribution < 1.29 is 8.42 Å². The Bertz CT molecular complexity index is 625. The van der Waals surface area contributed by atoms with Gasteiger partial charge >= 0.3 is 0 Å². The van der Waals surface area contributed by atoms with Crippen LogP contribution in [-0.4, -0.2) is 25.8 Å². The summed E-state index contributed by atoms with van der Waals surface area (Å²) < 4.78 is 27.4. The van der Waals surface area contributed by atoms with Crippen molar-refractivity contribution in [1.82, 2.24) is 4.31 Å². The van der Waals surface area contributed by atoms with Crippen molar-refractivity contribution in [3.8, 4) is 0 Å². The molecule has 0 bridgehead atoms. The molecule has 1 saturated carbocycles. The number of hydrogen-bond acceptors (Lipinski definition) is 3. The first-order chi connectivity index (χ1) is 9.73. The standard InChI is InChI=1S/C16H26N2O2S/c1-11-6-5-7-14(8-11)18(4)21(19,20)16-10-12(2)9-15(17)13(16)3/h9-11,14H,5-8,17H2,1-4H3. The summed E-state index contributed by atoms with van der Waals surface area (Å²) in [5.74, 6) is 0.588. The monoisotopic (exact) mass is 310 g/mol. The van der Waals surface area contributed by atoms with Crippen molar-refractivity contribution in [2.75, 3.05) is 12.8 Å². The molecule has 0 saturated heterocycles. The molecular weight excluding hydrogens is 284 g/mol. The third kappa shape index (κ3) is 3.24. The van der Waals surface area contributed by atoms with E-state index in [1.807, 2.05) is 13.0 Å². The number of anilines is 1. The van der Waals surface area contributed by atoms with Gasteiger partial charge in [-0.25, -0.2) is 8.42 Å². The van der Waals surface area contributed by atoms with E-state index >= 15 is 0 Å². The number of sulfonamides is 1. The zero-order valence-electron chi connectivity index (χ0n) is 13.4. The molecule has 1 aliphatic rings. The van der Waals surface area contributed by atoms with Gasteiger partial charge in [-0.05, 0) is 55.9 Å². The number of hydrogen-bond donors (Lipinski definition) is 1. The Balaban J connectivity index is 2.37. The predicted octanol–water partition coefficient (Wildman–Crippen LogP) is 3.08. The van der Waals surface area contributed by atoms with Gasteiger partial charge in [0, 0.05) is 18.8 Å². The fraction of sp³-hybridized carbons (Fsp3) is 0.625. The first kappa shape index (κ1) is 16.3. The van der Waals surface area contributed by atoms with E-state index in [9.17, 15) is 8.42 Å². The molecule has 0 heterocycles. The van der Waals surface area contributed by atoms with E-state index in [1.165, 1.54) is 6.42 Å². The van der Waals surface area contributed by atoms with Crippen LogP contribution in [0.25, 0.3) is 0 Å². The van der Waals surface area contributed by atoms with Crippen LogP contribution < -0.4 is 5.73 Å². The Hall–Kier alpha value is -1.07. The Morgan fingerprint density at radius 2 is 1.90 bits per heavy atom. The highest BCUT2D eigenvalue weighted by Gasteiger charge is 2.32. The van der Waals surface area contributed by atoms with Gasteiger partial charge in [0.15, 0.2) is 0 Å². The number of nitrogens with zero attached hydrogens (tertiary/aromatic N) is 1. The van der Waals surface area contributed by atoms with E-state index in [0.29, 0.717) is 22.1 Å². The minimum Gasteiger partial charge on any atom is -0.398 e. The largest absolute Gasteiger partial charge is 0.398 e. The van der Waals surface area contributed by atoms with Crippen LogP contribution in [0.1, 0.15) is 43.7 Å². The van der Waals surface area contributed by atoms with Crippen molar-refractivity contribution >= 4 is 15.7 Å². The lowest BCUT2D eigenvalue weighted by Gasteiger charge is -2.33. The highest BCUT2D eigenvalue weighted by molar-refractivity contribution is 7.89. The molecule has 1 fully saturated rings. The molecule has 2 unspecified atom stereocenters. The van der Waals surface area contributed by atoms with Gasteiger partial charge in [0.1, 0.15) is 0 Å². The quantitative estimate of drug-likeness (QED) is 0.873. The molecule has 2 N–H and O–H groups in total. The molecule has 5 heteroatoms. The second-order valence-electron chi connectivity index (χ2n) is 6.42. The SMILES string of the molecule is Cc1cc(N)c(C)c(S(=O)(=O)N(C)C2CCCC(C)C2)c1. The zero-order chi connectivity index (χ0) is 15.8. The van der Waals surface area contributed by atoms with Crippen molar-refractivity contribution in [1.29, 1.82) is 0 Å². The summed E-state index contributed by atoms with van der Waals surface area (Å²) in [6.45, 7) is 5.85. The van der Waals surface area contributed by atoms with Crippen LogP contribution in [0, 0.1) is 19.8 Å². The maximum absolute atomic E-state index is 12.9. The van der Waals surface area contributed by atoms with Gasteiger partial charge in [0.25, 0.3) is 0 Å². The average Bonchev–Trinajstić information content (AvgIpc) is 2.41. The molecule has 1 aromatic carbocycles. The molecule has 0 amide bonds. The fourth-order valence-corrected chi connectivity index (χ4v) is 4.94. The Morgan fingerprint density at radius 1 is 1.24 bits per heavy atom. The van der Waals surface area contributed by atoms with Crippen LogP contribution >= 0.6 is 0 Å². The summed E-state index contributed by atoms with van der Waals surface area (Å²) in [5.41, 5.74) is 8.00. The molecular formula is C16H26N2O2S. The molecule has 118 valence electrons. The first-order valence-corrected chi connectivity index (χ1v) is 9.02. The van der Waals surface area contributed by atoms with E-state index in [2.05, 4.69) is 6.92 Å². The number of benzene rings is 1. The second kappa shape index (κ2) is 5.97. The van der Waals surface area contributed by atoms with Crippen LogP contribution in [0.2, 0.25) is 0 Å². The van der Waals surface area contributed by atoms with Crippen LogP contribution in [-0.2, 0) is 10.0 Å². The summed E-state index contributed by atoms with van der Waals surface area (Å²) in [7, 11) is -1.78. The summed E-state index contributed by atoms with van der Waals surface area (Å²) in [6, 6.07) is 3.64. The summed E-state index contributed by atoms with van der Waals surface area (Å²) in [6.07, 6.45) is 4.18. The topological polar surface area (TPSA) is 63.4 Å². The van der Waals surface area contributed by atoms with Crippen molar-refractivity contribution in [2.24, 2.45) is 5.92 Å². The van der Waals surface area contributed by atoms with E-state index in [0.717, 1.165) is 24.8 Å². The molecule has 1 aliphatic carbocycles. The van der Waals surface area contributed by atoms with Crippen molar-refractivity contribution in [2.45, 2.75) is 57.4 Å². The third-order valence-corrected chi connectivity index (χ3v) is 6.66. The van der Waals surface area contributed by atoms with Crippen molar-refractivity contribution in [3.05, 3.63) is 23.3 Å². The molecule has 0 radical (unpaired) electrons. The normalized spacial score (nSPS) is 23.5. The smallest absolute Gasteiger partial charge is 0.243 e. The summed E-state index contributed by atoms with van der Waals surface area (Å²) in [4.78, 5) is 0.348. The van der Waals surface area contributed by atoms with Crippen LogP contribution in [0.3, 0.4) is 0 Å². The molecule has 2 atom stereocenters. The van der Waals surface area contributed by atoms with Gasteiger partial charge in [-0.2, -0.15) is 4.31 Å². The highest BCUT2D eigenvalue weighted by atomic mass is 32.2. The molecule has 1 aromatic rings. The van der Waals surface area contributed by atoms with E-state index in [1.54, 1.807) is 24.3 Å². The molecule has 21 heavy (non-hydrogen) atoms. The second-order valence-corrected chi connectivity index (χ2v) is 8.39. The minimum absolute atomic E-state index is 0.0971. The van der Waals surface area contributed by atoms with Crippen molar-refractivity contribution in [3.63, 3.8) is 0 Å². The van der Waals surface area contributed by atoms with Gasteiger partial charge in [0.2, 0.25) is 10.0 Å². The van der Waals surface area contributed by atoms with Gasteiger partial charge in [0.05, 0.1) is 4.90 Å². The molecule has 0 aliphatic heterocycles. The van der Waals surface area contributed by atoms with E-state index in [-0.39, 0.29) is 6.04 Å². The Kier molecular flexibility index (Phi) is 4.63. The van der Waals surface area contributed by atoms with E-state index < -0.39 is 10.0 Å². The summed E-state index contributed by atoms with van der Waals surface area (Å²) >= 11 is 0. The maximum atomic E-state index is 12.9. The average molecular weight is 310 g/mol.